The van der Waals surface area contributed by atoms with Gasteiger partial charge in [-0.2, -0.15) is 4.79 Å². The smallest absolute Gasteiger partial charge is 0.288 e. The molecule has 2 bridgehead atoms. The molecule has 0 unspecified atom stereocenters. The second-order valence-electron chi connectivity index (χ2n) is 5.62. The van der Waals surface area contributed by atoms with Crippen molar-refractivity contribution < 1.29 is 4.79 Å². The average molecular weight is 241 g/mol. The van der Waals surface area contributed by atoms with Crippen molar-refractivity contribution in [1.82, 2.24) is 5.32 Å². The molecule has 0 saturated heterocycles. The fraction of sp³-hybridized carbons (Fsp3) is 0.533. The first-order valence-corrected chi connectivity index (χ1v) is 6.83. The average Bonchev–Trinajstić information content (AvgIpc) is 2.47. The molecule has 0 atom stereocenters. The van der Waals surface area contributed by atoms with Crippen molar-refractivity contribution in [2.45, 2.75) is 44.2 Å². The molecule has 3 heteroatoms. The first kappa shape index (κ1) is 11.6. The Bertz CT molecular complexity index is 466. The van der Waals surface area contributed by atoms with Gasteiger partial charge in [0.2, 0.25) is 0 Å². The summed E-state index contributed by atoms with van der Waals surface area (Å²) in [4.78, 5) is 3.57. The van der Waals surface area contributed by atoms with Gasteiger partial charge in [-0.15, -0.1) is 0 Å². The number of hydrogen-bond acceptors (Lipinski definition) is 1. The molecule has 3 fully saturated rings. The summed E-state index contributed by atoms with van der Waals surface area (Å²) < 4.78 is 0. The molecule has 0 aliphatic heterocycles. The quantitative estimate of drug-likeness (QED) is 0.642. The van der Waals surface area contributed by atoms with E-state index in [1.165, 1.54) is 18.4 Å². The van der Waals surface area contributed by atoms with E-state index < -0.39 is 0 Å². The molecule has 1 N–H and O–H groups in total. The zero-order valence-electron chi connectivity index (χ0n) is 10.6. The molecule has 3 aliphatic carbocycles. The summed E-state index contributed by atoms with van der Waals surface area (Å²) in [5.41, 5.74) is 11.4. The lowest BCUT2D eigenvalue weighted by Gasteiger charge is -2.43. The topological polar surface area (TPSA) is 48.4 Å². The fourth-order valence-corrected chi connectivity index (χ4v) is 3.41. The predicted octanol–water partition coefficient (Wildman–Crippen LogP) is 2.78. The molecule has 0 radical (unpaired) electrons. The molecule has 0 heterocycles. The third-order valence-electron chi connectivity index (χ3n) is 4.59. The summed E-state index contributed by atoms with van der Waals surface area (Å²) in [6.07, 6.45) is 5.73. The molecule has 18 heavy (non-hydrogen) atoms. The molecule has 3 aliphatic rings. The van der Waals surface area contributed by atoms with E-state index in [0.717, 1.165) is 37.4 Å². The molecule has 4 rings (SSSR count). The third-order valence-corrected chi connectivity index (χ3v) is 4.59. The molecule has 0 aromatic heterocycles. The predicted molar refractivity (Wildman–Crippen MR) is 71.2 cm³/mol. The van der Waals surface area contributed by atoms with E-state index in [9.17, 15) is 5.53 Å². The Kier molecular flexibility index (Phi) is 3.02. The van der Waals surface area contributed by atoms with Gasteiger partial charge in [-0.3, -0.25) is 5.32 Å². The highest BCUT2D eigenvalue weighted by Gasteiger charge is 2.50. The number of rotatable bonds is 3. The number of fused-ring (bicyclic) bond motifs is 3. The molecule has 3 nitrogen and oxygen atoms in total. The number of nitrogens with one attached hydrogen (secondary N) is 1. The van der Waals surface area contributed by atoms with Crippen LogP contribution in [-0.2, 0) is 6.54 Å². The lowest BCUT2D eigenvalue weighted by atomic mass is 9.64. The Morgan fingerprint density at radius 1 is 1.22 bits per heavy atom. The van der Waals surface area contributed by atoms with Crippen LogP contribution in [0.2, 0.25) is 0 Å². The lowest BCUT2D eigenvalue weighted by Crippen LogP contribution is -2.58. The summed E-state index contributed by atoms with van der Waals surface area (Å²) in [5, 5.41) is 3.65. The largest absolute Gasteiger partial charge is 0.362 e. The van der Waals surface area contributed by atoms with Crippen molar-refractivity contribution in [1.29, 1.82) is 0 Å². The summed E-state index contributed by atoms with van der Waals surface area (Å²) in [5.74, 6) is 0.747. The van der Waals surface area contributed by atoms with Crippen LogP contribution in [0.5, 0.6) is 0 Å². The van der Waals surface area contributed by atoms with E-state index >= 15 is 0 Å². The van der Waals surface area contributed by atoms with Gasteiger partial charge in [0.15, 0.2) is 0 Å². The monoisotopic (exact) mass is 241 g/mol. The molecule has 0 amide bonds. The minimum atomic E-state index is -0.0423. The highest BCUT2D eigenvalue weighted by molar-refractivity contribution is 5.90. The lowest BCUT2D eigenvalue weighted by molar-refractivity contribution is -0.0337. The minimum absolute atomic E-state index is 0.0423. The first-order chi connectivity index (χ1) is 8.82. The van der Waals surface area contributed by atoms with Gasteiger partial charge in [-0.25, -0.2) is 0 Å². The maximum absolute atomic E-state index is 9.22. The van der Waals surface area contributed by atoms with E-state index in [-0.39, 0.29) is 5.54 Å². The van der Waals surface area contributed by atoms with Crippen molar-refractivity contribution in [3.63, 3.8) is 0 Å². The Labute approximate surface area is 108 Å². The Morgan fingerprint density at radius 3 is 2.61 bits per heavy atom. The van der Waals surface area contributed by atoms with Crippen molar-refractivity contribution in [3.05, 3.63) is 41.4 Å². The third kappa shape index (κ3) is 2.00. The van der Waals surface area contributed by atoms with Gasteiger partial charge in [0.25, 0.3) is 5.71 Å². The summed E-state index contributed by atoms with van der Waals surface area (Å²) >= 11 is 0. The van der Waals surface area contributed by atoms with Gasteiger partial charge in [0.1, 0.15) is 5.54 Å². The van der Waals surface area contributed by atoms with E-state index in [1.54, 1.807) is 0 Å². The van der Waals surface area contributed by atoms with Crippen LogP contribution < -0.4 is 5.32 Å². The van der Waals surface area contributed by atoms with Crippen molar-refractivity contribution in [3.8, 4) is 0 Å². The SMILES string of the molecule is [N-]=[N+]=C1CC2CCC1(NCc1ccccc1)CC2. The van der Waals surface area contributed by atoms with E-state index in [0.29, 0.717) is 0 Å². The Balaban J connectivity index is 1.75. The highest BCUT2D eigenvalue weighted by atomic mass is 15.0. The maximum atomic E-state index is 9.22. The molecular formula is C15H19N3. The van der Waals surface area contributed by atoms with Crippen LogP contribution in [0.3, 0.4) is 0 Å². The number of hydrogen-bond donors (Lipinski definition) is 1. The first-order valence-electron chi connectivity index (χ1n) is 6.83. The fourth-order valence-electron chi connectivity index (χ4n) is 3.41. The van der Waals surface area contributed by atoms with Crippen LogP contribution in [0.1, 0.15) is 37.7 Å². The normalized spacial score (nSPS) is 30.2. The van der Waals surface area contributed by atoms with Gasteiger partial charge in [0.05, 0.1) is 0 Å². The van der Waals surface area contributed by atoms with Gasteiger partial charge in [-0.05, 0) is 37.2 Å². The Morgan fingerprint density at radius 2 is 1.94 bits per heavy atom. The zero-order valence-corrected chi connectivity index (χ0v) is 10.6. The molecule has 3 saturated carbocycles. The summed E-state index contributed by atoms with van der Waals surface area (Å²) in [7, 11) is 0. The second kappa shape index (κ2) is 4.68. The van der Waals surface area contributed by atoms with Crippen LogP contribution in [0.4, 0.5) is 0 Å². The molecule has 1 aromatic carbocycles. The van der Waals surface area contributed by atoms with Crippen molar-refractivity contribution in [2.24, 2.45) is 5.92 Å². The van der Waals surface area contributed by atoms with Gasteiger partial charge < -0.3 is 5.53 Å². The maximum Gasteiger partial charge on any atom is 0.288 e. The van der Waals surface area contributed by atoms with E-state index in [2.05, 4.69) is 34.4 Å². The molecule has 0 spiro atoms. The van der Waals surface area contributed by atoms with Crippen LogP contribution in [0.15, 0.2) is 30.3 Å². The van der Waals surface area contributed by atoms with Gasteiger partial charge >= 0.3 is 0 Å². The standard InChI is InChI=1S/C15H19N3/c16-18-14-10-12-6-8-15(14,9-7-12)17-11-13-4-2-1-3-5-13/h1-5,12,17H,6-11H2. The number of benzene rings is 1. The number of nitrogens with zero attached hydrogens (tertiary/aromatic N) is 2. The molecule has 94 valence electrons. The van der Waals surface area contributed by atoms with Crippen molar-refractivity contribution in [2.75, 3.05) is 0 Å². The van der Waals surface area contributed by atoms with E-state index in [4.69, 9.17) is 0 Å². The second-order valence-corrected chi connectivity index (χ2v) is 5.62. The summed E-state index contributed by atoms with van der Waals surface area (Å²) in [6.45, 7) is 0.852. The van der Waals surface area contributed by atoms with Crippen LogP contribution in [-0.4, -0.2) is 16.0 Å². The minimum Gasteiger partial charge on any atom is -0.362 e. The molecule has 1 aromatic rings. The highest BCUT2D eigenvalue weighted by Crippen LogP contribution is 2.41. The van der Waals surface area contributed by atoms with Crippen LogP contribution >= 0.6 is 0 Å². The van der Waals surface area contributed by atoms with Crippen LogP contribution in [0, 0.1) is 5.92 Å². The van der Waals surface area contributed by atoms with E-state index in [1.807, 2.05) is 6.07 Å². The molecular weight excluding hydrogens is 222 g/mol. The van der Waals surface area contributed by atoms with Gasteiger partial charge in [0, 0.05) is 13.0 Å². The van der Waals surface area contributed by atoms with Crippen molar-refractivity contribution >= 4 is 5.71 Å². The van der Waals surface area contributed by atoms with Crippen LogP contribution in [0.25, 0.3) is 5.53 Å². The zero-order chi connectivity index (χ0) is 12.4. The Hall–Kier alpha value is -1.44. The summed E-state index contributed by atoms with van der Waals surface area (Å²) in [6, 6.07) is 10.4. The van der Waals surface area contributed by atoms with Gasteiger partial charge in [-0.1, -0.05) is 30.3 Å².